The summed E-state index contributed by atoms with van der Waals surface area (Å²) in [4.78, 5) is 20.0. The highest BCUT2D eigenvalue weighted by molar-refractivity contribution is 6.07. The summed E-state index contributed by atoms with van der Waals surface area (Å²) in [5.74, 6) is 0.103. The van der Waals surface area contributed by atoms with Crippen LogP contribution >= 0.6 is 0 Å². The summed E-state index contributed by atoms with van der Waals surface area (Å²) < 4.78 is 1.91. The Kier molecular flexibility index (Phi) is 4.23. The molecule has 2 aromatic heterocycles. The topological polar surface area (TPSA) is 51.0 Å². The minimum absolute atomic E-state index is 0.103. The molecule has 134 valence electrons. The van der Waals surface area contributed by atoms with E-state index in [1.165, 1.54) is 0 Å². The molecule has 1 saturated heterocycles. The summed E-state index contributed by atoms with van der Waals surface area (Å²) in [6.07, 6.45) is 5.96. The Hall–Kier alpha value is -2.69. The fourth-order valence-corrected chi connectivity index (χ4v) is 3.64. The minimum Gasteiger partial charge on any atom is -0.336 e. The molecule has 5 heteroatoms. The fraction of sp³-hybridized carbons (Fsp3) is 0.381. The molecule has 0 radical (unpaired) electrons. The highest BCUT2D eigenvalue weighted by Crippen LogP contribution is 2.28. The van der Waals surface area contributed by atoms with E-state index in [1.54, 1.807) is 0 Å². The number of para-hydroxylation sites is 1. The van der Waals surface area contributed by atoms with Crippen molar-refractivity contribution in [2.24, 2.45) is 0 Å². The van der Waals surface area contributed by atoms with Gasteiger partial charge < -0.3 is 4.90 Å². The van der Waals surface area contributed by atoms with Crippen LogP contribution in [0.15, 0.2) is 42.7 Å². The molecule has 0 bridgehead atoms. The molecule has 1 aliphatic rings. The van der Waals surface area contributed by atoms with Crippen molar-refractivity contribution in [3.8, 4) is 11.3 Å². The van der Waals surface area contributed by atoms with Crippen molar-refractivity contribution in [3.05, 3.63) is 48.3 Å². The first-order valence-electron chi connectivity index (χ1n) is 9.30. The zero-order valence-electron chi connectivity index (χ0n) is 15.5. The van der Waals surface area contributed by atoms with Gasteiger partial charge in [0.1, 0.15) is 0 Å². The number of benzene rings is 1. The van der Waals surface area contributed by atoms with Crippen LogP contribution in [0.1, 0.15) is 50.0 Å². The molecule has 5 nitrogen and oxygen atoms in total. The van der Waals surface area contributed by atoms with E-state index in [0.717, 1.165) is 47.1 Å². The van der Waals surface area contributed by atoms with Gasteiger partial charge in [0.2, 0.25) is 0 Å². The van der Waals surface area contributed by atoms with E-state index in [-0.39, 0.29) is 11.9 Å². The van der Waals surface area contributed by atoms with E-state index < -0.39 is 0 Å². The van der Waals surface area contributed by atoms with E-state index in [1.807, 2.05) is 52.3 Å². The summed E-state index contributed by atoms with van der Waals surface area (Å²) in [7, 11) is 0. The average molecular weight is 348 g/mol. The number of hydrogen-bond acceptors (Lipinski definition) is 3. The molecule has 3 heterocycles. The average Bonchev–Trinajstić information content (AvgIpc) is 3.29. The van der Waals surface area contributed by atoms with Gasteiger partial charge in [-0.1, -0.05) is 18.2 Å². The van der Waals surface area contributed by atoms with Crippen LogP contribution in [0.2, 0.25) is 0 Å². The largest absolute Gasteiger partial charge is 0.336 e. The minimum atomic E-state index is 0.103. The Morgan fingerprint density at radius 2 is 2.08 bits per heavy atom. The molecule has 3 aromatic rings. The quantitative estimate of drug-likeness (QED) is 0.709. The SMILES string of the molecule is CC1CCCN1C(=O)c1cc(-c2cnn(C(C)C)c2)nc2ccccc12. The van der Waals surface area contributed by atoms with E-state index in [2.05, 4.69) is 25.9 Å². The molecule has 1 unspecified atom stereocenters. The molecular formula is C21H24N4O. The first kappa shape index (κ1) is 16.8. The van der Waals surface area contributed by atoms with Crippen LogP contribution < -0.4 is 0 Å². The van der Waals surface area contributed by atoms with Crippen molar-refractivity contribution >= 4 is 16.8 Å². The van der Waals surface area contributed by atoms with Crippen molar-refractivity contribution in [1.82, 2.24) is 19.7 Å². The van der Waals surface area contributed by atoms with Crippen molar-refractivity contribution in [2.45, 2.75) is 45.7 Å². The number of amides is 1. The number of carbonyl (C=O) groups excluding carboxylic acids is 1. The van der Waals surface area contributed by atoms with Crippen LogP contribution in [0, 0.1) is 0 Å². The third-order valence-electron chi connectivity index (χ3n) is 5.19. The Balaban J connectivity index is 1.84. The maximum absolute atomic E-state index is 13.2. The van der Waals surface area contributed by atoms with E-state index in [0.29, 0.717) is 6.04 Å². The molecule has 0 saturated carbocycles. The second kappa shape index (κ2) is 6.56. The van der Waals surface area contributed by atoms with Gasteiger partial charge in [0, 0.05) is 35.8 Å². The highest BCUT2D eigenvalue weighted by atomic mass is 16.2. The van der Waals surface area contributed by atoms with E-state index in [4.69, 9.17) is 4.98 Å². The van der Waals surface area contributed by atoms with E-state index in [9.17, 15) is 4.79 Å². The number of aromatic nitrogens is 3. The smallest absolute Gasteiger partial charge is 0.254 e. The lowest BCUT2D eigenvalue weighted by Gasteiger charge is -2.22. The maximum atomic E-state index is 13.2. The van der Waals surface area contributed by atoms with Crippen LogP contribution in [-0.2, 0) is 0 Å². The van der Waals surface area contributed by atoms with Gasteiger partial charge in [0.15, 0.2) is 0 Å². The Bertz CT molecular complexity index is 960. The molecular weight excluding hydrogens is 324 g/mol. The highest BCUT2D eigenvalue weighted by Gasteiger charge is 2.27. The third-order valence-corrected chi connectivity index (χ3v) is 5.19. The molecule has 0 N–H and O–H groups in total. The first-order chi connectivity index (χ1) is 12.5. The lowest BCUT2D eigenvalue weighted by atomic mass is 10.0. The standard InChI is InChI=1S/C21H24N4O/c1-14(2)25-13-16(12-22-25)20-11-18(17-8-4-5-9-19(17)23-20)21(26)24-10-6-7-15(24)3/h4-5,8-9,11-15H,6-7,10H2,1-3H3. The van der Waals surface area contributed by atoms with Crippen LogP contribution in [0.3, 0.4) is 0 Å². The molecule has 1 atom stereocenters. The normalized spacial score (nSPS) is 17.4. The Morgan fingerprint density at radius 1 is 1.27 bits per heavy atom. The van der Waals surface area contributed by atoms with Crippen molar-refractivity contribution in [2.75, 3.05) is 6.54 Å². The van der Waals surface area contributed by atoms with Crippen LogP contribution in [0.25, 0.3) is 22.2 Å². The molecule has 1 aromatic carbocycles. The zero-order chi connectivity index (χ0) is 18.3. The van der Waals surface area contributed by atoms with Gasteiger partial charge in [-0.3, -0.25) is 9.48 Å². The number of pyridine rings is 1. The summed E-state index contributed by atoms with van der Waals surface area (Å²) in [6.45, 7) is 7.14. The molecule has 26 heavy (non-hydrogen) atoms. The predicted octanol–water partition coefficient (Wildman–Crippen LogP) is 4.30. The summed E-state index contributed by atoms with van der Waals surface area (Å²) in [5, 5.41) is 5.33. The number of hydrogen-bond donors (Lipinski definition) is 0. The van der Waals surface area contributed by atoms with Crippen molar-refractivity contribution in [3.63, 3.8) is 0 Å². The second-order valence-electron chi connectivity index (χ2n) is 7.36. The maximum Gasteiger partial charge on any atom is 0.254 e. The van der Waals surface area contributed by atoms with Gasteiger partial charge in [0.25, 0.3) is 5.91 Å². The van der Waals surface area contributed by atoms with E-state index >= 15 is 0 Å². The lowest BCUT2D eigenvalue weighted by molar-refractivity contribution is 0.0749. The monoisotopic (exact) mass is 348 g/mol. The van der Waals surface area contributed by atoms with Crippen molar-refractivity contribution in [1.29, 1.82) is 0 Å². The fourth-order valence-electron chi connectivity index (χ4n) is 3.64. The summed E-state index contributed by atoms with van der Waals surface area (Å²) in [5.41, 5.74) is 3.31. The van der Waals surface area contributed by atoms with Gasteiger partial charge in [0.05, 0.1) is 23.0 Å². The van der Waals surface area contributed by atoms with Crippen LogP contribution in [0.4, 0.5) is 0 Å². The molecule has 0 spiro atoms. The molecule has 1 aliphatic heterocycles. The van der Waals surface area contributed by atoms with Gasteiger partial charge >= 0.3 is 0 Å². The number of rotatable bonds is 3. The molecule has 1 amide bonds. The van der Waals surface area contributed by atoms with Gasteiger partial charge in [-0.2, -0.15) is 5.10 Å². The Labute approximate surface area is 153 Å². The third kappa shape index (κ3) is 2.87. The number of likely N-dealkylation sites (tertiary alicyclic amines) is 1. The van der Waals surface area contributed by atoms with Crippen LogP contribution in [0.5, 0.6) is 0 Å². The number of fused-ring (bicyclic) bond motifs is 1. The lowest BCUT2D eigenvalue weighted by Crippen LogP contribution is -2.33. The van der Waals surface area contributed by atoms with Gasteiger partial charge in [-0.05, 0) is 45.7 Å². The summed E-state index contributed by atoms with van der Waals surface area (Å²) >= 11 is 0. The molecule has 0 aliphatic carbocycles. The van der Waals surface area contributed by atoms with Gasteiger partial charge in [-0.25, -0.2) is 4.98 Å². The zero-order valence-corrected chi connectivity index (χ0v) is 15.5. The van der Waals surface area contributed by atoms with Crippen LogP contribution in [-0.4, -0.2) is 38.2 Å². The summed E-state index contributed by atoms with van der Waals surface area (Å²) in [6, 6.07) is 10.4. The molecule has 4 rings (SSSR count). The molecule has 1 fully saturated rings. The van der Waals surface area contributed by atoms with Crippen molar-refractivity contribution < 1.29 is 4.79 Å². The van der Waals surface area contributed by atoms with Gasteiger partial charge in [-0.15, -0.1) is 0 Å². The number of carbonyl (C=O) groups is 1. The second-order valence-corrected chi connectivity index (χ2v) is 7.36. The Morgan fingerprint density at radius 3 is 2.77 bits per heavy atom. The first-order valence-corrected chi connectivity index (χ1v) is 9.30. The number of nitrogens with zero attached hydrogens (tertiary/aromatic N) is 4. The predicted molar refractivity (Wildman–Crippen MR) is 103 cm³/mol.